The standard InChI is InChI=1S/C22H19BrN4O3S/c1-26(2)31(29,30)18-10-7-15(8-11-18)22(28)25-21-19-6-4-3-5-16(19)13-27-14-17(23)9-12-20(27)24-21/h3-12,14H,13H2,1-2H3. The van der Waals surface area contributed by atoms with Gasteiger partial charge < -0.3 is 4.90 Å². The molecule has 0 bridgehead atoms. The van der Waals surface area contributed by atoms with Gasteiger partial charge in [0.1, 0.15) is 5.84 Å². The molecule has 2 aliphatic heterocycles. The number of carbonyl (C=O) groups is 1. The van der Waals surface area contributed by atoms with Crippen molar-refractivity contribution >= 4 is 43.5 Å². The number of hydrogen-bond donors (Lipinski definition) is 0. The molecule has 2 aromatic rings. The Kier molecular flexibility index (Phi) is 5.74. The van der Waals surface area contributed by atoms with Crippen molar-refractivity contribution in [2.45, 2.75) is 11.4 Å². The normalized spacial score (nSPS) is 17.0. The molecular weight excluding hydrogens is 480 g/mol. The van der Waals surface area contributed by atoms with Gasteiger partial charge in [0.05, 0.1) is 4.90 Å². The summed E-state index contributed by atoms with van der Waals surface area (Å²) in [5, 5.41) is 0. The van der Waals surface area contributed by atoms with E-state index in [0.717, 1.165) is 19.9 Å². The average molecular weight is 499 g/mol. The Morgan fingerprint density at radius 1 is 1.10 bits per heavy atom. The minimum absolute atomic E-state index is 0.113. The van der Waals surface area contributed by atoms with Crippen LogP contribution in [0.15, 0.2) is 86.2 Å². The molecule has 2 aromatic carbocycles. The van der Waals surface area contributed by atoms with Crippen LogP contribution in [0.25, 0.3) is 0 Å². The molecule has 0 aliphatic carbocycles. The molecule has 7 nitrogen and oxygen atoms in total. The fourth-order valence-electron chi connectivity index (χ4n) is 3.19. The van der Waals surface area contributed by atoms with Gasteiger partial charge in [-0.1, -0.05) is 24.3 Å². The first-order chi connectivity index (χ1) is 14.8. The number of hydrogen-bond acceptors (Lipinski definition) is 4. The van der Waals surface area contributed by atoms with Crippen LogP contribution in [0.2, 0.25) is 0 Å². The number of benzene rings is 2. The van der Waals surface area contributed by atoms with Crippen LogP contribution in [0.5, 0.6) is 0 Å². The van der Waals surface area contributed by atoms with Gasteiger partial charge in [0, 0.05) is 42.4 Å². The Morgan fingerprint density at radius 3 is 2.52 bits per heavy atom. The van der Waals surface area contributed by atoms with E-state index < -0.39 is 15.9 Å². The van der Waals surface area contributed by atoms with Gasteiger partial charge in [0.15, 0.2) is 5.84 Å². The summed E-state index contributed by atoms with van der Waals surface area (Å²) in [6, 6.07) is 13.4. The average Bonchev–Trinajstić information content (AvgIpc) is 2.90. The summed E-state index contributed by atoms with van der Waals surface area (Å²) in [6.45, 7) is 0.596. The SMILES string of the molecule is CN(C)S(=O)(=O)c1ccc(C(=O)N=C2N=C3C=CC(Br)=CN3Cc3ccccc32)cc1. The molecule has 0 N–H and O–H groups in total. The third-order valence-corrected chi connectivity index (χ3v) is 7.17. The first-order valence-corrected chi connectivity index (χ1v) is 11.6. The summed E-state index contributed by atoms with van der Waals surface area (Å²) in [5.41, 5.74) is 2.06. The van der Waals surface area contributed by atoms with Gasteiger partial charge in [-0.25, -0.2) is 17.7 Å². The number of halogens is 1. The summed E-state index contributed by atoms with van der Waals surface area (Å²) < 4.78 is 26.5. The second kappa shape index (κ2) is 8.33. The van der Waals surface area contributed by atoms with E-state index in [1.807, 2.05) is 47.5 Å². The van der Waals surface area contributed by atoms with Crippen molar-refractivity contribution in [3.05, 3.63) is 88.1 Å². The molecule has 0 atom stereocenters. The molecule has 0 saturated carbocycles. The molecule has 0 spiro atoms. The highest BCUT2D eigenvalue weighted by Gasteiger charge is 2.22. The molecule has 0 saturated heterocycles. The lowest BCUT2D eigenvalue weighted by molar-refractivity contribution is 0.100. The van der Waals surface area contributed by atoms with E-state index in [1.54, 1.807) is 0 Å². The van der Waals surface area contributed by atoms with Crippen molar-refractivity contribution in [2.75, 3.05) is 14.1 Å². The molecule has 0 aromatic heterocycles. The number of nitrogens with zero attached hydrogens (tertiary/aromatic N) is 4. The number of sulfonamides is 1. The summed E-state index contributed by atoms with van der Waals surface area (Å²) >= 11 is 3.48. The smallest absolute Gasteiger partial charge is 0.279 e. The Balaban J connectivity index is 1.72. The minimum atomic E-state index is -3.57. The van der Waals surface area contributed by atoms with Gasteiger partial charge in [0.2, 0.25) is 10.0 Å². The summed E-state index contributed by atoms with van der Waals surface area (Å²) in [6.07, 6.45) is 5.68. The summed E-state index contributed by atoms with van der Waals surface area (Å²) in [4.78, 5) is 23.9. The molecule has 0 unspecified atom stereocenters. The Hall–Kier alpha value is -2.88. The Labute approximate surface area is 189 Å². The van der Waals surface area contributed by atoms with Gasteiger partial charge in [-0.2, -0.15) is 4.99 Å². The molecule has 4 rings (SSSR count). The van der Waals surface area contributed by atoms with Crippen LogP contribution in [-0.2, 0) is 16.6 Å². The molecular formula is C22H19BrN4O3S. The topological polar surface area (TPSA) is 82.4 Å². The van der Waals surface area contributed by atoms with Crippen LogP contribution in [0.1, 0.15) is 21.5 Å². The first kappa shape index (κ1) is 21.4. The zero-order chi connectivity index (χ0) is 22.2. The maximum absolute atomic E-state index is 12.9. The molecule has 158 valence electrons. The van der Waals surface area contributed by atoms with Crippen molar-refractivity contribution in [3.63, 3.8) is 0 Å². The number of amides is 1. The van der Waals surface area contributed by atoms with Crippen LogP contribution in [0.3, 0.4) is 0 Å². The van der Waals surface area contributed by atoms with Gasteiger partial charge in [-0.3, -0.25) is 4.79 Å². The fourth-order valence-corrected chi connectivity index (χ4v) is 4.47. The molecule has 1 amide bonds. The monoisotopic (exact) mass is 498 g/mol. The van der Waals surface area contributed by atoms with Crippen LogP contribution >= 0.6 is 15.9 Å². The number of allylic oxidation sites excluding steroid dienone is 2. The largest absolute Gasteiger partial charge is 0.327 e. The van der Waals surface area contributed by atoms with Gasteiger partial charge >= 0.3 is 0 Å². The zero-order valence-corrected chi connectivity index (χ0v) is 19.3. The Morgan fingerprint density at radius 2 is 1.81 bits per heavy atom. The van der Waals surface area contributed by atoms with Crippen molar-refractivity contribution in [3.8, 4) is 0 Å². The van der Waals surface area contributed by atoms with E-state index in [0.29, 0.717) is 18.2 Å². The van der Waals surface area contributed by atoms with Crippen molar-refractivity contribution in [1.29, 1.82) is 0 Å². The molecule has 2 aliphatic rings. The number of amidine groups is 2. The lowest BCUT2D eigenvalue weighted by Gasteiger charge is -2.21. The molecule has 0 radical (unpaired) electrons. The second-order valence-corrected chi connectivity index (χ2v) is 10.2. The predicted molar refractivity (Wildman–Crippen MR) is 124 cm³/mol. The highest BCUT2D eigenvalue weighted by atomic mass is 79.9. The number of carbonyl (C=O) groups excluding carboxylic acids is 1. The lowest BCUT2D eigenvalue weighted by Crippen LogP contribution is -2.24. The summed E-state index contributed by atoms with van der Waals surface area (Å²) in [7, 11) is -0.651. The third-order valence-electron chi connectivity index (χ3n) is 4.87. The van der Waals surface area contributed by atoms with E-state index >= 15 is 0 Å². The molecule has 9 heteroatoms. The van der Waals surface area contributed by atoms with Crippen LogP contribution in [-0.4, -0.2) is 49.3 Å². The molecule has 0 fully saturated rings. The van der Waals surface area contributed by atoms with Crippen molar-refractivity contribution < 1.29 is 13.2 Å². The number of rotatable bonds is 3. The van der Waals surface area contributed by atoms with Crippen molar-refractivity contribution in [2.24, 2.45) is 9.98 Å². The number of fused-ring (bicyclic) bond motifs is 2. The van der Waals surface area contributed by atoms with E-state index in [9.17, 15) is 13.2 Å². The maximum atomic E-state index is 12.9. The molecule has 31 heavy (non-hydrogen) atoms. The van der Waals surface area contributed by atoms with Gasteiger partial charge in [-0.15, -0.1) is 0 Å². The van der Waals surface area contributed by atoms with E-state index in [4.69, 9.17) is 0 Å². The van der Waals surface area contributed by atoms with Gasteiger partial charge in [0.25, 0.3) is 5.91 Å². The maximum Gasteiger partial charge on any atom is 0.279 e. The van der Waals surface area contributed by atoms with Crippen LogP contribution in [0, 0.1) is 0 Å². The van der Waals surface area contributed by atoms with Crippen LogP contribution < -0.4 is 0 Å². The lowest BCUT2D eigenvalue weighted by atomic mass is 10.1. The number of aliphatic imine (C=N–C) groups is 2. The van der Waals surface area contributed by atoms with E-state index in [2.05, 4.69) is 25.9 Å². The quantitative estimate of drug-likeness (QED) is 0.647. The minimum Gasteiger partial charge on any atom is -0.327 e. The zero-order valence-electron chi connectivity index (χ0n) is 16.9. The van der Waals surface area contributed by atoms with Crippen molar-refractivity contribution in [1.82, 2.24) is 9.21 Å². The fraction of sp³-hybridized carbons (Fsp3) is 0.136. The van der Waals surface area contributed by atoms with Crippen LogP contribution in [0.4, 0.5) is 0 Å². The molecule has 2 heterocycles. The van der Waals surface area contributed by atoms with E-state index in [-0.39, 0.29) is 10.5 Å². The predicted octanol–water partition coefficient (Wildman–Crippen LogP) is 3.54. The summed E-state index contributed by atoms with van der Waals surface area (Å²) in [5.74, 6) is 0.505. The third kappa shape index (κ3) is 4.30. The van der Waals surface area contributed by atoms with E-state index in [1.165, 1.54) is 38.4 Å². The Bertz CT molecular complexity index is 1280. The highest BCUT2D eigenvalue weighted by molar-refractivity contribution is 9.11. The first-order valence-electron chi connectivity index (χ1n) is 9.40. The highest BCUT2D eigenvalue weighted by Crippen LogP contribution is 2.24. The second-order valence-electron chi connectivity index (χ2n) is 7.15. The van der Waals surface area contributed by atoms with Gasteiger partial charge in [-0.05, 0) is 57.9 Å².